The molecule has 1 N–H and O–H groups in total. The molecule has 7 heteroatoms. The zero-order chi connectivity index (χ0) is 19.1. The van der Waals surface area contributed by atoms with E-state index in [0.717, 1.165) is 17.2 Å². The van der Waals surface area contributed by atoms with Gasteiger partial charge in [-0.2, -0.15) is 0 Å². The van der Waals surface area contributed by atoms with E-state index in [4.69, 9.17) is 4.52 Å². The zero-order valence-electron chi connectivity index (χ0n) is 15.3. The minimum Gasteiger partial charge on any atom is -0.361 e. The first-order chi connectivity index (χ1) is 13.1. The largest absolute Gasteiger partial charge is 0.361 e. The Labute approximate surface area is 167 Å². The van der Waals surface area contributed by atoms with Crippen LogP contribution in [0.2, 0.25) is 0 Å². The van der Waals surface area contributed by atoms with E-state index < -0.39 is 0 Å². The van der Waals surface area contributed by atoms with Gasteiger partial charge in [-0.25, -0.2) is 4.98 Å². The molecule has 1 amide bonds. The van der Waals surface area contributed by atoms with Crippen molar-refractivity contribution in [3.05, 3.63) is 71.2 Å². The molecule has 0 radical (unpaired) electrons. The standard InChI is InChI=1S/C20H21N3O2S2/c1-14-5-7-17(8-6-14)26-11-10-21-19(24)18-4-3-9-22-20(18)27-13-16-12-15(2)25-23-16/h3-9,12H,10-11,13H2,1-2H3,(H,21,24). The monoisotopic (exact) mass is 399 g/mol. The molecule has 140 valence electrons. The number of amides is 1. The lowest BCUT2D eigenvalue weighted by Crippen LogP contribution is -2.26. The smallest absolute Gasteiger partial charge is 0.254 e. The van der Waals surface area contributed by atoms with Crippen LogP contribution in [0.25, 0.3) is 0 Å². The van der Waals surface area contributed by atoms with E-state index in [1.165, 1.54) is 22.2 Å². The van der Waals surface area contributed by atoms with Crippen LogP contribution in [-0.2, 0) is 5.75 Å². The summed E-state index contributed by atoms with van der Waals surface area (Å²) in [7, 11) is 0. The normalized spacial score (nSPS) is 10.7. The molecule has 2 heterocycles. The number of hydrogen-bond donors (Lipinski definition) is 1. The van der Waals surface area contributed by atoms with Crippen LogP contribution in [-0.4, -0.2) is 28.3 Å². The van der Waals surface area contributed by atoms with Gasteiger partial charge < -0.3 is 9.84 Å². The molecule has 2 aromatic heterocycles. The van der Waals surface area contributed by atoms with Gasteiger partial charge in [0.05, 0.1) is 11.3 Å². The van der Waals surface area contributed by atoms with Gasteiger partial charge in [-0.3, -0.25) is 4.79 Å². The van der Waals surface area contributed by atoms with Crippen LogP contribution in [0, 0.1) is 13.8 Å². The van der Waals surface area contributed by atoms with Crippen LogP contribution in [0.1, 0.15) is 27.4 Å². The molecule has 0 saturated heterocycles. The van der Waals surface area contributed by atoms with Crippen molar-refractivity contribution in [2.45, 2.75) is 29.5 Å². The third-order valence-electron chi connectivity index (χ3n) is 3.73. The highest BCUT2D eigenvalue weighted by atomic mass is 32.2. The summed E-state index contributed by atoms with van der Waals surface area (Å²) in [5.74, 6) is 2.09. The number of benzene rings is 1. The molecule has 5 nitrogen and oxygen atoms in total. The van der Waals surface area contributed by atoms with E-state index in [0.29, 0.717) is 22.9 Å². The molecule has 0 fully saturated rings. The molecular formula is C20H21N3O2S2. The van der Waals surface area contributed by atoms with Crippen LogP contribution in [0.5, 0.6) is 0 Å². The van der Waals surface area contributed by atoms with Crippen molar-refractivity contribution < 1.29 is 9.32 Å². The predicted molar refractivity (Wildman–Crippen MR) is 109 cm³/mol. The van der Waals surface area contributed by atoms with E-state index in [1.54, 1.807) is 30.1 Å². The topological polar surface area (TPSA) is 68.0 Å². The minimum atomic E-state index is -0.105. The third-order valence-corrected chi connectivity index (χ3v) is 5.78. The third kappa shape index (κ3) is 5.87. The first-order valence-corrected chi connectivity index (χ1v) is 10.6. The van der Waals surface area contributed by atoms with Gasteiger partial charge in [0.15, 0.2) is 0 Å². The zero-order valence-corrected chi connectivity index (χ0v) is 16.9. The molecule has 0 aliphatic heterocycles. The Kier molecular flexibility index (Phi) is 6.95. The van der Waals surface area contributed by atoms with Gasteiger partial charge in [0, 0.05) is 35.2 Å². The summed E-state index contributed by atoms with van der Waals surface area (Å²) >= 11 is 3.21. The first-order valence-electron chi connectivity index (χ1n) is 8.59. The van der Waals surface area contributed by atoms with Crippen molar-refractivity contribution in [1.29, 1.82) is 0 Å². The van der Waals surface area contributed by atoms with Crippen LogP contribution in [0.15, 0.2) is 63.1 Å². The SMILES string of the molecule is Cc1ccc(SCCNC(=O)c2cccnc2SCc2cc(C)on2)cc1. The van der Waals surface area contributed by atoms with Gasteiger partial charge in [-0.05, 0) is 38.1 Å². The Bertz CT molecular complexity index is 894. The fraction of sp³-hybridized carbons (Fsp3) is 0.250. The van der Waals surface area contributed by atoms with Crippen molar-refractivity contribution in [1.82, 2.24) is 15.5 Å². The van der Waals surface area contributed by atoms with Crippen molar-refractivity contribution >= 4 is 29.4 Å². The Morgan fingerprint density at radius 1 is 1.15 bits per heavy atom. The van der Waals surface area contributed by atoms with E-state index in [9.17, 15) is 4.79 Å². The van der Waals surface area contributed by atoms with Crippen LogP contribution < -0.4 is 5.32 Å². The Morgan fingerprint density at radius 2 is 1.96 bits per heavy atom. The number of carbonyl (C=O) groups excluding carboxylic acids is 1. The number of aryl methyl sites for hydroxylation is 2. The van der Waals surface area contributed by atoms with Crippen molar-refractivity contribution in [3.8, 4) is 0 Å². The summed E-state index contributed by atoms with van der Waals surface area (Å²) in [4.78, 5) is 18.1. The number of rotatable bonds is 8. The van der Waals surface area contributed by atoms with Gasteiger partial charge in [0.25, 0.3) is 5.91 Å². The summed E-state index contributed by atoms with van der Waals surface area (Å²) in [5, 5.41) is 7.65. The molecular weight excluding hydrogens is 378 g/mol. The molecule has 0 aliphatic rings. The minimum absolute atomic E-state index is 0.105. The van der Waals surface area contributed by atoms with Gasteiger partial charge in [0.1, 0.15) is 10.8 Å². The average molecular weight is 400 g/mol. The highest BCUT2D eigenvalue weighted by Gasteiger charge is 2.13. The Balaban J connectivity index is 1.51. The summed E-state index contributed by atoms with van der Waals surface area (Å²) in [6.45, 7) is 4.52. The molecule has 0 aliphatic carbocycles. The fourth-order valence-electron chi connectivity index (χ4n) is 2.37. The average Bonchev–Trinajstić information content (AvgIpc) is 3.10. The molecule has 0 atom stereocenters. The number of pyridine rings is 1. The lowest BCUT2D eigenvalue weighted by atomic mass is 10.2. The molecule has 27 heavy (non-hydrogen) atoms. The van der Waals surface area contributed by atoms with Gasteiger partial charge in [-0.1, -0.05) is 34.6 Å². The highest BCUT2D eigenvalue weighted by Crippen LogP contribution is 2.24. The Morgan fingerprint density at radius 3 is 2.70 bits per heavy atom. The van der Waals surface area contributed by atoms with Crippen molar-refractivity contribution in [2.24, 2.45) is 0 Å². The maximum absolute atomic E-state index is 12.5. The van der Waals surface area contributed by atoms with Gasteiger partial charge in [0.2, 0.25) is 0 Å². The second-order valence-corrected chi connectivity index (χ2v) is 8.12. The number of nitrogens with one attached hydrogen (secondary N) is 1. The van der Waals surface area contributed by atoms with Crippen LogP contribution in [0.4, 0.5) is 0 Å². The molecule has 3 aromatic rings. The van der Waals surface area contributed by atoms with E-state index >= 15 is 0 Å². The quantitative estimate of drug-likeness (QED) is 0.444. The lowest BCUT2D eigenvalue weighted by molar-refractivity contribution is 0.0952. The summed E-state index contributed by atoms with van der Waals surface area (Å²) in [5.41, 5.74) is 2.67. The van der Waals surface area contributed by atoms with E-state index in [-0.39, 0.29) is 5.91 Å². The second-order valence-electron chi connectivity index (χ2n) is 5.99. The van der Waals surface area contributed by atoms with E-state index in [2.05, 4.69) is 46.6 Å². The summed E-state index contributed by atoms with van der Waals surface area (Å²) in [6, 6.07) is 13.9. The fourth-order valence-corrected chi connectivity index (χ4v) is 4.01. The maximum atomic E-state index is 12.5. The predicted octanol–water partition coefficient (Wildman–Crippen LogP) is 4.50. The van der Waals surface area contributed by atoms with Crippen LogP contribution >= 0.6 is 23.5 Å². The van der Waals surface area contributed by atoms with Crippen molar-refractivity contribution in [3.63, 3.8) is 0 Å². The van der Waals surface area contributed by atoms with Gasteiger partial charge >= 0.3 is 0 Å². The summed E-state index contributed by atoms with van der Waals surface area (Å²) in [6.07, 6.45) is 1.69. The summed E-state index contributed by atoms with van der Waals surface area (Å²) < 4.78 is 5.07. The number of hydrogen-bond acceptors (Lipinski definition) is 6. The number of nitrogens with zero attached hydrogens (tertiary/aromatic N) is 2. The van der Waals surface area contributed by atoms with Crippen molar-refractivity contribution in [2.75, 3.05) is 12.3 Å². The van der Waals surface area contributed by atoms with Gasteiger partial charge in [-0.15, -0.1) is 11.8 Å². The van der Waals surface area contributed by atoms with E-state index in [1.807, 2.05) is 13.0 Å². The number of thioether (sulfide) groups is 2. The molecule has 0 saturated carbocycles. The molecule has 0 spiro atoms. The second kappa shape index (κ2) is 9.62. The first kappa shape index (κ1) is 19.5. The number of aromatic nitrogens is 2. The lowest BCUT2D eigenvalue weighted by Gasteiger charge is -2.08. The maximum Gasteiger partial charge on any atom is 0.254 e. The molecule has 0 unspecified atom stereocenters. The molecule has 3 rings (SSSR count). The van der Waals surface area contributed by atoms with Crippen LogP contribution in [0.3, 0.4) is 0 Å². The molecule has 0 bridgehead atoms. The number of carbonyl (C=O) groups is 1. The highest BCUT2D eigenvalue weighted by molar-refractivity contribution is 7.99. The molecule has 1 aromatic carbocycles. The Hall–Kier alpha value is -2.25.